The smallest absolute Gasteiger partial charge is 0.0198 e. The normalized spacial score (nSPS) is 33.5. The maximum atomic E-state index is 3.97. The van der Waals surface area contributed by atoms with Gasteiger partial charge >= 0.3 is 0 Å². The lowest BCUT2D eigenvalue weighted by Crippen LogP contribution is -2.49. The second-order valence-electron chi connectivity index (χ2n) is 6.26. The second-order valence-corrected chi connectivity index (χ2v) is 7.34. The first-order chi connectivity index (χ1) is 8.70. The summed E-state index contributed by atoms with van der Waals surface area (Å²) in [5, 5.41) is 4.82. The summed E-state index contributed by atoms with van der Waals surface area (Å²) in [6, 6.07) is 1.47. The molecule has 3 heteroatoms. The molecular formula is C15H30N2S. The Bertz CT molecular complexity index is 239. The van der Waals surface area contributed by atoms with Crippen molar-refractivity contribution in [2.24, 2.45) is 5.92 Å². The topological polar surface area (TPSA) is 15.3 Å². The Hall–Kier alpha value is 0.270. The molecule has 1 saturated heterocycles. The number of likely N-dealkylation sites (tertiary alicyclic amines) is 1. The molecule has 1 aliphatic heterocycles. The van der Waals surface area contributed by atoms with Gasteiger partial charge in [-0.15, -0.1) is 0 Å². The average molecular weight is 270 g/mol. The summed E-state index contributed by atoms with van der Waals surface area (Å²) in [5.41, 5.74) is 0. The molecule has 2 aliphatic rings. The van der Waals surface area contributed by atoms with Gasteiger partial charge in [0.2, 0.25) is 0 Å². The summed E-state index contributed by atoms with van der Waals surface area (Å²) in [4.78, 5) is 2.47. The van der Waals surface area contributed by atoms with Gasteiger partial charge in [0.25, 0.3) is 0 Å². The summed E-state index contributed by atoms with van der Waals surface area (Å²) in [7, 11) is 2.25. The molecule has 0 aromatic carbocycles. The molecule has 3 unspecified atom stereocenters. The Morgan fingerprint density at radius 3 is 2.44 bits per heavy atom. The Labute approximate surface area is 117 Å². The van der Waals surface area contributed by atoms with Gasteiger partial charge in [-0.1, -0.05) is 12.8 Å². The van der Waals surface area contributed by atoms with Crippen LogP contribution in [0.2, 0.25) is 0 Å². The Balaban J connectivity index is 1.80. The zero-order valence-corrected chi connectivity index (χ0v) is 13.1. The molecule has 0 aromatic rings. The lowest BCUT2D eigenvalue weighted by atomic mass is 9.88. The van der Waals surface area contributed by atoms with E-state index in [2.05, 4.69) is 42.2 Å². The van der Waals surface area contributed by atoms with Gasteiger partial charge < -0.3 is 10.2 Å². The molecule has 1 saturated carbocycles. The summed E-state index contributed by atoms with van der Waals surface area (Å²) >= 11 is 2.07. The van der Waals surface area contributed by atoms with Crippen LogP contribution >= 0.6 is 11.8 Å². The van der Waals surface area contributed by atoms with Crippen molar-refractivity contribution in [2.45, 2.75) is 62.8 Å². The van der Waals surface area contributed by atoms with Crippen LogP contribution < -0.4 is 5.32 Å². The third-order valence-corrected chi connectivity index (χ3v) is 6.12. The van der Waals surface area contributed by atoms with Gasteiger partial charge in [-0.3, -0.25) is 0 Å². The van der Waals surface area contributed by atoms with Gasteiger partial charge in [-0.05, 0) is 64.9 Å². The monoisotopic (exact) mass is 270 g/mol. The SMILES string of the molecule is CSC1CCCCC1NC(C)C1CCN(C)CC1. The highest BCUT2D eigenvalue weighted by atomic mass is 32.2. The molecule has 0 aromatic heterocycles. The molecular weight excluding hydrogens is 240 g/mol. The van der Waals surface area contributed by atoms with Crippen molar-refractivity contribution in [1.29, 1.82) is 0 Å². The van der Waals surface area contributed by atoms with Crippen molar-refractivity contribution < 1.29 is 0 Å². The molecule has 0 bridgehead atoms. The molecule has 0 spiro atoms. The van der Waals surface area contributed by atoms with Crippen LogP contribution in [0.5, 0.6) is 0 Å². The molecule has 1 N–H and O–H groups in total. The van der Waals surface area contributed by atoms with Gasteiger partial charge in [-0.2, -0.15) is 11.8 Å². The minimum Gasteiger partial charge on any atom is -0.310 e. The highest BCUT2D eigenvalue weighted by Crippen LogP contribution is 2.29. The lowest BCUT2D eigenvalue weighted by molar-refractivity contribution is 0.179. The van der Waals surface area contributed by atoms with Crippen LogP contribution in [-0.2, 0) is 0 Å². The van der Waals surface area contributed by atoms with Crippen molar-refractivity contribution in [2.75, 3.05) is 26.4 Å². The fourth-order valence-electron chi connectivity index (χ4n) is 3.57. The van der Waals surface area contributed by atoms with Crippen LogP contribution in [0.25, 0.3) is 0 Å². The maximum Gasteiger partial charge on any atom is 0.0198 e. The number of nitrogens with zero attached hydrogens (tertiary/aromatic N) is 1. The molecule has 1 heterocycles. The van der Waals surface area contributed by atoms with Crippen LogP contribution in [0.1, 0.15) is 45.4 Å². The van der Waals surface area contributed by atoms with E-state index in [1.807, 2.05) is 0 Å². The number of hydrogen-bond donors (Lipinski definition) is 1. The number of thioether (sulfide) groups is 1. The summed E-state index contributed by atoms with van der Waals surface area (Å²) in [6.07, 6.45) is 10.7. The number of nitrogens with one attached hydrogen (secondary N) is 1. The fraction of sp³-hybridized carbons (Fsp3) is 1.00. The van der Waals surface area contributed by atoms with E-state index in [1.54, 1.807) is 0 Å². The lowest BCUT2D eigenvalue weighted by Gasteiger charge is -2.38. The number of piperidine rings is 1. The van der Waals surface area contributed by atoms with Crippen molar-refractivity contribution in [3.8, 4) is 0 Å². The van der Waals surface area contributed by atoms with Crippen LogP contribution in [0.4, 0.5) is 0 Å². The molecule has 18 heavy (non-hydrogen) atoms. The van der Waals surface area contributed by atoms with E-state index < -0.39 is 0 Å². The third-order valence-electron chi connectivity index (χ3n) is 4.95. The van der Waals surface area contributed by atoms with Gasteiger partial charge in [0.1, 0.15) is 0 Å². The van der Waals surface area contributed by atoms with E-state index in [9.17, 15) is 0 Å². The fourth-order valence-corrected chi connectivity index (χ4v) is 4.52. The molecule has 1 aliphatic carbocycles. The van der Waals surface area contributed by atoms with Gasteiger partial charge in [-0.25, -0.2) is 0 Å². The second kappa shape index (κ2) is 7.16. The predicted octanol–water partition coefficient (Wildman–Crippen LogP) is 2.98. The van der Waals surface area contributed by atoms with Gasteiger partial charge in [0, 0.05) is 17.3 Å². The van der Waals surface area contributed by atoms with E-state index in [4.69, 9.17) is 0 Å². The number of hydrogen-bond acceptors (Lipinski definition) is 3. The molecule has 3 atom stereocenters. The van der Waals surface area contributed by atoms with E-state index in [-0.39, 0.29) is 0 Å². The Morgan fingerprint density at radius 2 is 1.78 bits per heavy atom. The number of rotatable bonds is 4. The molecule has 0 radical (unpaired) electrons. The van der Waals surface area contributed by atoms with Crippen LogP contribution in [0, 0.1) is 5.92 Å². The van der Waals surface area contributed by atoms with Crippen LogP contribution in [0.15, 0.2) is 0 Å². The molecule has 106 valence electrons. The first-order valence-corrected chi connectivity index (χ1v) is 8.97. The van der Waals surface area contributed by atoms with Crippen LogP contribution in [-0.4, -0.2) is 48.6 Å². The van der Waals surface area contributed by atoms with E-state index in [0.717, 1.165) is 17.2 Å². The zero-order valence-electron chi connectivity index (χ0n) is 12.3. The first-order valence-electron chi connectivity index (χ1n) is 7.68. The van der Waals surface area contributed by atoms with Gasteiger partial charge in [0.15, 0.2) is 0 Å². The van der Waals surface area contributed by atoms with Crippen LogP contribution in [0.3, 0.4) is 0 Å². The Kier molecular flexibility index (Phi) is 5.84. The van der Waals surface area contributed by atoms with Crippen molar-refractivity contribution in [3.63, 3.8) is 0 Å². The first kappa shape index (κ1) is 14.7. The average Bonchev–Trinajstić information content (AvgIpc) is 2.40. The maximum absolute atomic E-state index is 3.97. The standard InChI is InChI=1S/C15H30N2S/c1-12(13-8-10-17(2)11-9-13)16-14-6-4-5-7-15(14)18-3/h12-16H,4-11H2,1-3H3. The van der Waals surface area contributed by atoms with Gasteiger partial charge in [0.05, 0.1) is 0 Å². The third kappa shape index (κ3) is 3.88. The minimum atomic E-state index is 0.705. The predicted molar refractivity (Wildman–Crippen MR) is 82.4 cm³/mol. The van der Waals surface area contributed by atoms with E-state index in [0.29, 0.717) is 6.04 Å². The van der Waals surface area contributed by atoms with Crippen molar-refractivity contribution in [3.05, 3.63) is 0 Å². The summed E-state index contributed by atoms with van der Waals surface area (Å²) in [5.74, 6) is 0.894. The molecule has 2 nitrogen and oxygen atoms in total. The van der Waals surface area contributed by atoms with E-state index >= 15 is 0 Å². The summed E-state index contributed by atoms with van der Waals surface area (Å²) in [6.45, 7) is 4.99. The van der Waals surface area contributed by atoms with Crippen molar-refractivity contribution >= 4 is 11.8 Å². The minimum absolute atomic E-state index is 0.705. The highest BCUT2D eigenvalue weighted by molar-refractivity contribution is 7.99. The highest BCUT2D eigenvalue weighted by Gasteiger charge is 2.28. The van der Waals surface area contributed by atoms with E-state index in [1.165, 1.54) is 51.6 Å². The van der Waals surface area contributed by atoms with Crippen molar-refractivity contribution in [1.82, 2.24) is 10.2 Å². The molecule has 2 rings (SSSR count). The Morgan fingerprint density at radius 1 is 1.11 bits per heavy atom. The summed E-state index contributed by atoms with van der Waals surface area (Å²) < 4.78 is 0. The molecule has 2 fully saturated rings. The largest absolute Gasteiger partial charge is 0.310 e. The quantitative estimate of drug-likeness (QED) is 0.845. The molecule has 0 amide bonds. The zero-order chi connectivity index (χ0) is 13.0.